The predicted octanol–water partition coefficient (Wildman–Crippen LogP) is 2.72. The van der Waals surface area contributed by atoms with Gasteiger partial charge in [0.25, 0.3) is 5.91 Å². The first-order valence-corrected chi connectivity index (χ1v) is 7.48. The van der Waals surface area contributed by atoms with Crippen LogP contribution in [0.4, 0.5) is 8.78 Å². The van der Waals surface area contributed by atoms with Crippen LogP contribution in [0, 0.1) is 11.6 Å². The largest absolute Gasteiger partial charge is 0.480 e. The number of carboxylic acid groups (broad SMARTS) is 1. The molecule has 1 fully saturated rings. The molecule has 1 saturated heterocycles. The number of hydrogen-bond donors (Lipinski definition) is 1. The second-order valence-electron chi connectivity index (χ2n) is 4.24. The van der Waals surface area contributed by atoms with Crippen LogP contribution in [-0.4, -0.2) is 39.1 Å². The summed E-state index contributed by atoms with van der Waals surface area (Å²) in [5.74, 6) is -3.97. The molecule has 1 N–H and O–H groups in total. The lowest BCUT2D eigenvalue weighted by molar-refractivity contribution is -0.141. The van der Waals surface area contributed by atoms with E-state index >= 15 is 0 Å². The minimum absolute atomic E-state index is 0.169. The van der Waals surface area contributed by atoms with Crippen molar-refractivity contribution in [3.8, 4) is 0 Å². The number of carboxylic acids is 1. The van der Waals surface area contributed by atoms with Crippen LogP contribution >= 0.6 is 27.7 Å². The maximum atomic E-state index is 13.8. The Kier molecular flexibility index (Phi) is 4.33. The average molecular weight is 366 g/mol. The van der Waals surface area contributed by atoms with Gasteiger partial charge in [0.15, 0.2) is 0 Å². The molecule has 1 aliphatic heterocycles. The minimum Gasteiger partial charge on any atom is -0.480 e. The Balaban J connectivity index is 2.43. The van der Waals surface area contributed by atoms with Gasteiger partial charge in [0, 0.05) is 10.2 Å². The molecule has 4 nitrogen and oxygen atoms in total. The summed E-state index contributed by atoms with van der Waals surface area (Å²) >= 11 is 4.17. The van der Waals surface area contributed by atoms with Gasteiger partial charge in [-0.3, -0.25) is 4.79 Å². The Labute approximate surface area is 126 Å². The highest BCUT2D eigenvalue weighted by molar-refractivity contribution is 9.10. The predicted molar refractivity (Wildman–Crippen MR) is 73.6 cm³/mol. The van der Waals surface area contributed by atoms with Gasteiger partial charge in [0.05, 0.1) is 5.37 Å². The van der Waals surface area contributed by atoms with Gasteiger partial charge >= 0.3 is 5.97 Å². The van der Waals surface area contributed by atoms with E-state index in [0.717, 1.165) is 17.0 Å². The number of halogens is 3. The zero-order valence-electron chi connectivity index (χ0n) is 10.3. The summed E-state index contributed by atoms with van der Waals surface area (Å²) in [5.41, 5.74) is -0.728. The molecule has 0 radical (unpaired) electrons. The van der Waals surface area contributed by atoms with Gasteiger partial charge in [-0.1, -0.05) is 15.9 Å². The maximum Gasteiger partial charge on any atom is 0.327 e. The van der Waals surface area contributed by atoms with Crippen LogP contribution in [0.5, 0.6) is 0 Å². The molecule has 0 bridgehead atoms. The Morgan fingerprint density at radius 1 is 1.40 bits per heavy atom. The number of rotatable bonds is 2. The number of carbonyl (C=O) groups is 2. The first-order chi connectivity index (χ1) is 9.32. The van der Waals surface area contributed by atoms with Crippen LogP contribution in [0.3, 0.4) is 0 Å². The second kappa shape index (κ2) is 5.69. The molecular weight excluding hydrogens is 356 g/mol. The number of nitrogens with zero attached hydrogens (tertiary/aromatic N) is 1. The molecule has 1 heterocycles. The molecule has 1 aromatic rings. The molecule has 108 valence electrons. The third-order valence-corrected chi connectivity index (χ3v) is 4.64. The molecular formula is C12H10BrF2NO3S. The van der Waals surface area contributed by atoms with Gasteiger partial charge < -0.3 is 10.0 Å². The van der Waals surface area contributed by atoms with Crippen molar-refractivity contribution in [3.63, 3.8) is 0 Å². The lowest BCUT2D eigenvalue weighted by Gasteiger charge is -2.25. The van der Waals surface area contributed by atoms with Crippen molar-refractivity contribution in [2.24, 2.45) is 0 Å². The fraction of sp³-hybridized carbons (Fsp3) is 0.333. The highest BCUT2D eigenvalue weighted by Crippen LogP contribution is 2.32. The lowest BCUT2D eigenvalue weighted by atomic mass is 10.1. The number of carbonyl (C=O) groups excluding carboxylic acids is 1. The van der Waals surface area contributed by atoms with Crippen molar-refractivity contribution in [3.05, 3.63) is 33.8 Å². The Bertz CT molecular complexity index is 561. The number of amides is 1. The van der Waals surface area contributed by atoms with E-state index in [0.29, 0.717) is 0 Å². The van der Waals surface area contributed by atoms with Crippen LogP contribution in [0.15, 0.2) is 16.6 Å². The molecule has 2 unspecified atom stereocenters. The molecule has 0 aliphatic carbocycles. The topological polar surface area (TPSA) is 57.6 Å². The van der Waals surface area contributed by atoms with Crippen molar-refractivity contribution < 1.29 is 23.5 Å². The fourth-order valence-electron chi connectivity index (χ4n) is 2.02. The summed E-state index contributed by atoms with van der Waals surface area (Å²) in [6.07, 6.45) is 0. The smallest absolute Gasteiger partial charge is 0.327 e. The van der Waals surface area contributed by atoms with Gasteiger partial charge in [0.2, 0.25) is 0 Å². The molecule has 2 rings (SSSR count). The third-order valence-electron chi connectivity index (χ3n) is 2.96. The van der Waals surface area contributed by atoms with Gasteiger partial charge in [-0.2, -0.15) is 0 Å². The van der Waals surface area contributed by atoms with Gasteiger partial charge in [0.1, 0.15) is 23.2 Å². The number of aliphatic carboxylic acids is 1. The maximum absolute atomic E-state index is 13.8. The lowest BCUT2D eigenvalue weighted by Crippen LogP contribution is -2.45. The van der Waals surface area contributed by atoms with Gasteiger partial charge in [-0.25, -0.2) is 13.6 Å². The second-order valence-corrected chi connectivity index (χ2v) is 6.51. The standard InChI is InChI=1S/C12H10BrF2NO3S/c1-5-16(9(4-20-5)12(18)19)11(17)10-7(14)2-6(13)3-8(10)15/h2-3,5,9H,4H2,1H3,(H,18,19). The van der Waals surface area contributed by atoms with Crippen molar-refractivity contribution >= 4 is 39.6 Å². The molecule has 1 aromatic carbocycles. The molecule has 0 aromatic heterocycles. The average Bonchev–Trinajstić information content (AvgIpc) is 2.69. The summed E-state index contributed by atoms with van der Waals surface area (Å²) in [6.45, 7) is 1.63. The highest BCUT2D eigenvalue weighted by atomic mass is 79.9. The summed E-state index contributed by atoms with van der Waals surface area (Å²) in [6, 6.07) is 0.866. The van der Waals surface area contributed by atoms with Crippen LogP contribution in [0.25, 0.3) is 0 Å². The van der Waals surface area contributed by atoms with Crippen molar-refractivity contribution in [2.75, 3.05) is 5.75 Å². The number of thioether (sulfide) groups is 1. The number of hydrogen-bond acceptors (Lipinski definition) is 3. The third kappa shape index (κ3) is 2.67. The molecule has 0 saturated carbocycles. The first-order valence-electron chi connectivity index (χ1n) is 5.64. The van der Waals surface area contributed by atoms with Crippen molar-refractivity contribution in [1.82, 2.24) is 4.90 Å². The van der Waals surface area contributed by atoms with Gasteiger partial charge in [-0.15, -0.1) is 11.8 Å². The van der Waals surface area contributed by atoms with E-state index in [4.69, 9.17) is 5.11 Å². The molecule has 20 heavy (non-hydrogen) atoms. The van der Waals surface area contributed by atoms with Gasteiger partial charge in [-0.05, 0) is 19.1 Å². The SMILES string of the molecule is CC1SCC(C(=O)O)N1C(=O)c1c(F)cc(Br)cc1F. The summed E-state index contributed by atoms with van der Waals surface area (Å²) in [4.78, 5) is 24.4. The zero-order chi connectivity index (χ0) is 15.0. The van der Waals surface area contributed by atoms with E-state index in [2.05, 4.69) is 15.9 Å². The van der Waals surface area contributed by atoms with E-state index in [1.807, 2.05) is 0 Å². The monoisotopic (exact) mass is 365 g/mol. The zero-order valence-corrected chi connectivity index (χ0v) is 12.7. The summed E-state index contributed by atoms with van der Waals surface area (Å²) in [5, 5.41) is 8.62. The van der Waals surface area contributed by atoms with Crippen LogP contribution in [0.2, 0.25) is 0 Å². The van der Waals surface area contributed by atoms with E-state index < -0.39 is 40.5 Å². The molecule has 0 spiro atoms. The van der Waals surface area contributed by atoms with Crippen molar-refractivity contribution in [1.29, 1.82) is 0 Å². The van der Waals surface area contributed by atoms with Crippen LogP contribution in [-0.2, 0) is 4.79 Å². The Morgan fingerprint density at radius 3 is 2.45 bits per heavy atom. The van der Waals surface area contributed by atoms with E-state index in [1.165, 1.54) is 11.8 Å². The molecule has 1 aliphatic rings. The van der Waals surface area contributed by atoms with E-state index in [9.17, 15) is 18.4 Å². The van der Waals surface area contributed by atoms with Crippen molar-refractivity contribution in [2.45, 2.75) is 18.3 Å². The quantitative estimate of drug-likeness (QED) is 0.875. The summed E-state index contributed by atoms with van der Waals surface area (Å²) < 4.78 is 27.8. The number of benzene rings is 1. The minimum atomic E-state index is -1.19. The van der Waals surface area contributed by atoms with E-state index in [-0.39, 0.29) is 10.2 Å². The molecule has 8 heteroatoms. The fourth-order valence-corrected chi connectivity index (χ4v) is 3.59. The van der Waals surface area contributed by atoms with Crippen LogP contribution in [0.1, 0.15) is 17.3 Å². The summed E-state index contributed by atoms with van der Waals surface area (Å²) in [7, 11) is 0. The highest BCUT2D eigenvalue weighted by Gasteiger charge is 2.41. The Morgan fingerprint density at radius 2 is 1.95 bits per heavy atom. The van der Waals surface area contributed by atoms with E-state index in [1.54, 1.807) is 6.92 Å². The first kappa shape index (κ1) is 15.2. The molecule has 1 amide bonds. The normalized spacial score (nSPS) is 22.1. The Hall–Kier alpha value is -1.15. The molecule has 2 atom stereocenters. The van der Waals surface area contributed by atoms with Crippen LogP contribution < -0.4 is 0 Å².